The maximum Gasteiger partial charge on any atom is 0.253 e. The second-order valence-electron chi connectivity index (χ2n) is 6.79. The minimum Gasteiger partial charge on any atom is -0.497 e. The zero-order valence-corrected chi connectivity index (χ0v) is 16.2. The van der Waals surface area contributed by atoms with Gasteiger partial charge in [0.05, 0.1) is 13.0 Å². The number of likely N-dealkylation sites (tertiary alicyclic amines) is 1. The van der Waals surface area contributed by atoms with Crippen molar-refractivity contribution in [1.82, 2.24) is 15.0 Å². The van der Waals surface area contributed by atoms with Crippen molar-refractivity contribution in [1.29, 1.82) is 0 Å². The number of benzene rings is 2. The van der Waals surface area contributed by atoms with Crippen LogP contribution in [0.2, 0.25) is 5.02 Å². The van der Waals surface area contributed by atoms with Crippen LogP contribution in [0.3, 0.4) is 0 Å². The molecule has 4 rings (SSSR count). The molecule has 144 valence electrons. The Kier molecular flexibility index (Phi) is 5.30. The lowest BCUT2D eigenvalue weighted by Crippen LogP contribution is -2.39. The van der Waals surface area contributed by atoms with Crippen molar-refractivity contribution in [3.05, 3.63) is 65.0 Å². The molecule has 3 aromatic rings. The molecule has 0 N–H and O–H groups in total. The van der Waals surface area contributed by atoms with Gasteiger partial charge in [-0.05, 0) is 43.2 Å². The van der Waals surface area contributed by atoms with Crippen molar-refractivity contribution in [2.45, 2.75) is 18.8 Å². The molecule has 0 bridgehead atoms. The van der Waals surface area contributed by atoms with Crippen molar-refractivity contribution in [3.63, 3.8) is 0 Å². The normalized spacial score (nSPS) is 16.8. The second kappa shape index (κ2) is 8.02. The Bertz CT molecular complexity index is 988. The molecule has 1 atom stereocenters. The van der Waals surface area contributed by atoms with Crippen LogP contribution in [0.4, 0.5) is 0 Å². The average Bonchev–Trinajstić information content (AvgIpc) is 3.24. The van der Waals surface area contributed by atoms with Crippen LogP contribution in [0.5, 0.6) is 5.75 Å². The van der Waals surface area contributed by atoms with Crippen LogP contribution in [0, 0.1) is 0 Å². The number of carbonyl (C=O) groups is 1. The summed E-state index contributed by atoms with van der Waals surface area (Å²) in [6.07, 6.45) is 1.78. The van der Waals surface area contributed by atoms with Crippen LogP contribution >= 0.6 is 11.6 Å². The maximum absolute atomic E-state index is 12.8. The lowest BCUT2D eigenvalue weighted by molar-refractivity contribution is 0.0695. The number of ether oxygens (including phenoxy) is 1. The van der Waals surface area contributed by atoms with E-state index in [0.29, 0.717) is 35.4 Å². The van der Waals surface area contributed by atoms with Crippen molar-refractivity contribution in [3.8, 4) is 17.1 Å². The molecule has 1 aromatic heterocycles. The van der Waals surface area contributed by atoms with E-state index in [9.17, 15) is 4.79 Å². The molecule has 7 heteroatoms. The third kappa shape index (κ3) is 3.87. The maximum atomic E-state index is 12.8. The predicted molar refractivity (Wildman–Crippen MR) is 106 cm³/mol. The molecule has 2 aromatic carbocycles. The van der Waals surface area contributed by atoms with E-state index in [0.717, 1.165) is 24.2 Å². The number of amides is 1. The molecule has 0 aliphatic carbocycles. The Balaban J connectivity index is 1.50. The van der Waals surface area contributed by atoms with Gasteiger partial charge < -0.3 is 14.2 Å². The number of carbonyl (C=O) groups excluding carboxylic acids is 1. The molecular formula is C21H20ClN3O3. The number of nitrogens with zero attached hydrogens (tertiary/aromatic N) is 3. The number of hydrogen-bond acceptors (Lipinski definition) is 5. The van der Waals surface area contributed by atoms with Gasteiger partial charge in [0.1, 0.15) is 5.75 Å². The highest BCUT2D eigenvalue weighted by Crippen LogP contribution is 2.29. The molecular weight excluding hydrogens is 378 g/mol. The summed E-state index contributed by atoms with van der Waals surface area (Å²) in [5.41, 5.74) is 1.42. The van der Waals surface area contributed by atoms with Crippen LogP contribution in [-0.4, -0.2) is 41.1 Å². The first-order valence-electron chi connectivity index (χ1n) is 9.17. The van der Waals surface area contributed by atoms with Crippen molar-refractivity contribution < 1.29 is 14.1 Å². The van der Waals surface area contributed by atoms with E-state index in [2.05, 4.69) is 10.1 Å². The van der Waals surface area contributed by atoms with Gasteiger partial charge >= 0.3 is 0 Å². The largest absolute Gasteiger partial charge is 0.497 e. The van der Waals surface area contributed by atoms with Gasteiger partial charge in [0.25, 0.3) is 5.91 Å². The minimum atomic E-state index is -0.0280. The monoisotopic (exact) mass is 397 g/mol. The highest BCUT2D eigenvalue weighted by Gasteiger charge is 2.29. The molecule has 6 nitrogen and oxygen atoms in total. The third-order valence-electron chi connectivity index (χ3n) is 4.90. The standard InChI is InChI=1S/C21H20ClN3O3/c1-27-18-9-3-5-14(12-18)19-23-20(28-24-19)16-7-4-10-25(13-16)21(26)15-6-2-8-17(22)11-15/h2-3,5-6,8-9,11-12,16H,4,7,10,13H2,1H3/t16-/m0/s1. The molecule has 0 spiro atoms. The number of aromatic nitrogens is 2. The van der Waals surface area contributed by atoms with Gasteiger partial charge in [-0.1, -0.05) is 35.0 Å². The lowest BCUT2D eigenvalue weighted by Gasteiger charge is -2.31. The van der Waals surface area contributed by atoms with E-state index in [1.54, 1.807) is 31.4 Å². The van der Waals surface area contributed by atoms with E-state index in [1.165, 1.54) is 0 Å². The fraction of sp³-hybridized carbons (Fsp3) is 0.286. The number of rotatable bonds is 4. The van der Waals surface area contributed by atoms with E-state index in [4.69, 9.17) is 20.9 Å². The molecule has 1 aliphatic rings. The Hall–Kier alpha value is -2.86. The van der Waals surface area contributed by atoms with Crippen LogP contribution in [0.1, 0.15) is 35.0 Å². The van der Waals surface area contributed by atoms with Crippen LogP contribution in [0.25, 0.3) is 11.4 Å². The molecule has 1 amide bonds. The SMILES string of the molecule is COc1cccc(-c2noc([C@H]3CCCN(C(=O)c4cccc(Cl)c4)C3)n2)c1. The molecule has 0 radical (unpaired) electrons. The van der Waals surface area contributed by atoms with Crippen molar-refractivity contribution in [2.75, 3.05) is 20.2 Å². The third-order valence-corrected chi connectivity index (χ3v) is 5.13. The summed E-state index contributed by atoms with van der Waals surface area (Å²) >= 11 is 6.02. The molecule has 1 aliphatic heterocycles. The predicted octanol–water partition coefficient (Wildman–Crippen LogP) is 4.42. The van der Waals surface area contributed by atoms with Crippen LogP contribution < -0.4 is 4.74 Å². The Morgan fingerprint density at radius 2 is 2.11 bits per heavy atom. The second-order valence-corrected chi connectivity index (χ2v) is 7.23. The first-order valence-corrected chi connectivity index (χ1v) is 9.54. The van der Waals surface area contributed by atoms with E-state index < -0.39 is 0 Å². The van der Waals surface area contributed by atoms with Gasteiger partial charge in [-0.15, -0.1) is 0 Å². The Morgan fingerprint density at radius 3 is 2.93 bits per heavy atom. The van der Waals surface area contributed by atoms with Gasteiger partial charge in [-0.3, -0.25) is 4.79 Å². The zero-order chi connectivity index (χ0) is 19.5. The number of halogens is 1. The van der Waals surface area contributed by atoms with Gasteiger partial charge in [0, 0.05) is 29.2 Å². The summed E-state index contributed by atoms with van der Waals surface area (Å²) in [6, 6.07) is 14.6. The summed E-state index contributed by atoms with van der Waals surface area (Å²) in [4.78, 5) is 19.2. The van der Waals surface area contributed by atoms with Crippen molar-refractivity contribution >= 4 is 17.5 Å². The van der Waals surface area contributed by atoms with E-state index >= 15 is 0 Å². The topological polar surface area (TPSA) is 68.5 Å². The van der Waals surface area contributed by atoms with Gasteiger partial charge in [-0.25, -0.2) is 0 Å². The van der Waals surface area contributed by atoms with Gasteiger partial charge in [-0.2, -0.15) is 4.98 Å². The van der Waals surface area contributed by atoms with Crippen LogP contribution in [0.15, 0.2) is 53.1 Å². The highest BCUT2D eigenvalue weighted by atomic mass is 35.5. The minimum absolute atomic E-state index is 0.0174. The number of hydrogen-bond donors (Lipinski definition) is 0. The molecule has 28 heavy (non-hydrogen) atoms. The summed E-state index contributed by atoms with van der Waals surface area (Å²) < 4.78 is 10.8. The first kappa shape index (κ1) is 18.5. The molecule has 0 unspecified atom stereocenters. The van der Waals surface area contributed by atoms with E-state index in [1.807, 2.05) is 29.2 Å². The number of piperidine rings is 1. The van der Waals surface area contributed by atoms with Gasteiger partial charge in [0.15, 0.2) is 0 Å². The number of methoxy groups -OCH3 is 1. The summed E-state index contributed by atoms with van der Waals surface area (Å²) in [5, 5.41) is 4.67. The highest BCUT2D eigenvalue weighted by molar-refractivity contribution is 6.30. The fourth-order valence-corrected chi connectivity index (χ4v) is 3.64. The Morgan fingerprint density at radius 1 is 1.25 bits per heavy atom. The molecule has 1 saturated heterocycles. The molecule has 2 heterocycles. The quantitative estimate of drug-likeness (QED) is 0.651. The fourth-order valence-electron chi connectivity index (χ4n) is 3.45. The summed E-state index contributed by atoms with van der Waals surface area (Å²) in [7, 11) is 1.62. The van der Waals surface area contributed by atoms with Crippen LogP contribution in [-0.2, 0) is 0 Å². The van der Waals surface area contributed by atoms with Crippen molar-refractivity contribution in [2.24, 2.45) is 0 Å². The first-order chi connectivity index (χ1) is 13.6. The average molecular weight is 398 g/mol. The smallest absolute Gasteiger partial charge is 0.253 e. The zero-order valence-electron chi connectivity index (χ0n) is 15.5. The summed E-state index contributed by atoms with van der Waals surface area (Å²) in [5.74, 6) is 1.80. The van der Waals surface area contributed by atoms with Gasteiger partial charge in [0.2, 0.25) is 11.7 Å². The Labute approximate surface area is 168 Å². The molecule has 1 fully saturated rings. The van der Waals surface area contributed by atoms with E-state index in [-0.39, 0.29) is 11.8 Å². The lowest BCUT2D eigenvalue weighted by atomic mass is 9.97. The molecule has 0 saturated carbocycles. The summed E-state index contributed by atoms with van der Waals surface area (Å²) in [6.45, 7) is 1.25.